The topological polar surface area (TPSA) is 47.4 Å². The molecule has 2 atom stereocenters. The number of aryl methyl sites for hydroxylation is 1. The zero-order chi connectivity index (χ0) is 17.2. The first-order valence-electron chi connectivity index (χ1n) is 9.30. The third-order valence-corrected chi connectivity index (χ3v) is 5.42. The quantitative estimate of drug-likeness (QED) is 0.851. The van der Waals surface area contributed by atoms with Crippen molar-refractivity contribution in [1.29, 1.82) is 0 Å². The Morgan fingerprint density at radius 1 is 1.46 bits per heavy atom. The molecule has 2 heterocycles. The molecule has 1 aliphatic carbocycles. The van der Waals surface area contributed by atoms with E-state index in [2.05, 4.69) is 18.9 Å². The Kier molecular flexibility index (Phi) is 5.28. The van der Waals surface area contributed by atoms with Crippen molar-refractivity contribution in [3.63, 3.8) is 0 Å². The van der Waals surface area contributed by atoms with Crippen LogP contribution in [0.2, 0.25) is 0 Å². The minimum absolute atomic E-state index is 0.0461. The molecule has 2 unspecified atom stereocenters. The fourth-order valence-corrected chi connectivity index (χ4v) is 4.24. The zero-order valence-corrected chi connectivity index (χ0v) is 15.3. The minimum Gasteiger partial charge on any atom is -0.373 e. The number of carbonyl (C=O) groups excluding carboxylic acids is 1. The van der Waals surface area contributed by atoms with Crippen LogP contribution in [0, 0.1) is 18.3 Å². The van der Waals surface area contributed by atoms with E-state index in [0.29, 0.717) is 43.4 Å². The molecule has 1 saturated heterocycles. The number of nitrogens with zero attached hydrogens (tertiary/aromatic N) is 3. The van der Waals surface area contributed by atoms with Crippen molar-refractivity contribution in [3.8, 4) is 0 Å². The molecule has 5 nitrogen and oxygen atoms in total. The summed E-state index contributed by atoms with van der Waals surface area (Å²) in [6, 6.07) is 0. The summed E-state index contributed by atoms with van der Waals surface area (Å²) < 4.78 is 7.75. The number of morpholine rings is 1. The Bertz CT molecular complexity index is 567. The van der Waals surface area contributed by atoms with E-state index in [1.807, 2.05) is 28.9 Å². The van der Waals surface area contributed by atoms with Crippen molar-refractivity contribution in [2.24, 2.45) is 11.3 Å². The summed E-state index contributed by atoms with van der Waals surface area (Å²) in [5.74, 6) is 0.860. The summed E-state index contributed by atoms with van der Waals surface area (Å²) in [5.41, 5.74) is 1.55. The van der Waals surface area contributed by atoms with Gasteiger partial charge < -0.3 is 9.64 Å². The van der Waals surface area contributed by atoms with Gasteiger partial charge in [-0.2, -0.15) is 5.10 Å². The number of rotatable bonds is 4. The van der Waals surface area contributed by atoms with Gasteiger partial charge in [-0.15, -0.1) is 0 Å². The van der Waals surface area contributed by atoms with E-state index in [4.69, 9.17) is 4.74 Å². The number of hydrogen-bond acceptors (Lipinski definition) is 3. The van der Waals surface area contributed by atoms with Crippen molar-refractivity contribution < 1.29 is 9.53 Å². The van der Waals surface area contributed by atoms with Crippen LogP contribution < -0.4 is 0 Å². The molecule has 5 heteroatoms. The largest absolute Gasteiger partial charge is 0.373 e. The van der Waals surface area contributed by atoms with Crippen molar-refractivity contribution in [3.05, 3.63) is 18.0 Å². The summed E-state index contributed by atoms with van der Waals surface area (Å²) in [7, 11) is 0. The molecule has 1 saturated carbocycles. The molecule has 1 amide bonds. The highest BCUT2D eigenvalue weighted by atomic mass is 16.5. The molecule has 3 rings (SSSR count). The number of carbonyl (C=O) groups is 1. The van der Waals surface area contributed by atoms with Crippen LogP contribution in [-0.4, -0.2) is 46.4 Å². The number of ether oxygens (including phenoxy) is 1. The van der Waals surface area contributed by atoms with Gasteiger partial charge in [0.15, 0.2) is 0 Å². The van der Waals surface area contributed by atoms with Gasteiger partial charge in [-0.25, -0.2) is 0 Å². The summed E-state index contributed by atoms with van der Waals surface area (Å²) in [6.07, 6.45) is 9.57. The van der Waals surface area contributed by atoms with Crippen LogP contribution >= 0.6 is 0 Å². The highest BCUT2D eigenvalue weighted by Gasteiger charge is 2.31. The molecule has 0 spiro atoms. The molecular weight excluding hydrogens is 302 g/mol. The monoisotopic (exact) mass is 333 g/mol. The van der Waals surface area contributed by atoms with E-state index in [-0.39, 0.29) is 6.10 Å². The highest BCUT2D eigenvalue weighted by Crippen LogP contribution is 2.40. The standard InChI is InChI=1S/C19H31N3O2/c1-15-11-20-22(12-15)14-17-13-21(7-8-24-17)18(23)9-16-5-4-6-19(2,3)10-16/h11-12,16-17H,4-10,13-14H2,1-3H3. The van der Waals surface area contributed by atoms with Gasteiger partial charge >= 0.3 is 0 Å². The maximum Gasteiger partial charge on any atom is 0.223 e. The summed E-state index contributed by atoms with van der Waals surface area (Å²) in [6.45, 7) is 9.46. The van der Waals surface area contributed by atoms with Crippen LogP contribution in [0.5, 0.6) is 0 Å². The summed E-state index contributed by atoms with van der Waals surface area (Å²) in [4.78, 5) is 14.7. The Balaban J connectivity index is 1.51. The Morgan fingerprint density at radius 2 is 2.29 bits per heavy atom. The second-order valence-electron chi connectivity index (χ2n) is 8.40. The first-order valence-corrected chi connectivity index (χ1v) is 9.30. The van der Waals surface area contributed by atoms with Crippen LogP contribution in [-0.2, 0) is 16.1 Å². The van der Waals surface area contributed by atoms with Gasteiger partial charge in [0.25, 0.3) is 0 Å². The van der Waals surface area contributed by atoms with Crippen LogP contribution in [0.25, 0.3) is 0 Å². The fourth-order valence-electron chi connectivity index (χ4n) is 4.24. The molecule has 0 aromatic carbocycles. The van der Waals surface area contributed by atoms with Gasteiger partial charge in [0.2, 0.25) is 5.91 Å². The second kappa shape index (κ2) is 7.26. The molecule has 1 aromatic heterocycles. The van der Waals surface area contributed by atoms with Crippen molar-refractivity contribution in [2.75, 3.05) is 19.7 Å². The molecule has 1 aromatic rings. The Hall–Kier alpha value is -1.36. The molecular formula is C19H31N3O2. The van der Waals surface area contributed by atoms with Crippen LogP contribution in [0.3, 0.4) is 0 Å². The SMILES string of the molecule is Cc1cnn(CC2CN(C(=O)CC3CCCC(C)(C)C3)CCO2)c1. The van der Waals surface area contributed by atoms with Crippen molar-refractivity contribution in [1.82, 2.24) is 14.7 Å². The Labute approximate surface area is 145 Å². The number of aromatic nitrogens is 2. The van der Waals surface area contributed by atoms with Gasteiger partial charge in [0, 0.05) is 25.7 Å². The predicted molar refractivity (Wildman–Crippen MR) is 93.6 cm³/mol. The summed E-state index contributed by atoms with van der Waals surface area (Å²) >= 11 is 0. The van der Waals surface area contributed by atoms with Crippen LogP contribution in [0.15, 0.2) is 12.4 Å². The molecule has 0 bridgehead atoms. The first-order chi connectivity index (χ1) is 11.4. The summed E-state index contributed by atoms with van der Waals surface area (Å²) in [5, 5.41) is 4.32. The molecule has 0 radical (unpaired) electrons. The third-order valence-electron chi connectivity index (χ3n) is 5.42. The van der Waals surface area contributed by atoms with Gasteiger partial charge in [-0.1, -0.05) is 20.3 Å². The molecule has 2 fully saturated rings. The lowest BCUT2D eigenvalue weighted by atomic mass is 9.71. The zero-order valence-electron chi connectivity index (χ0n) is 15.3. The average molecular weight is 333 g/mol. The molecule has 2 aliphatic rings. The minimum atomic E-state index is 0.0461. The molecule has 134 valence electrons. The van der Waals surface area contributed by atoms with Crippen LogP contribution in [0.4, 0.5) is 0 Å². The maximum atomic E-state index is 12.7. The van der Waals surface area contributed by atoms with Crippen LogP contribution in [0.1, 0.15) is 51.5 Å². The van der Waals surface area contributed by atoms with Crippen molar-refractivity contribution >= 4 is 5.91 Å². The van der Waals surface area contributed by atoms with Gasteiger partial charge in [-0.3, -0.25) is 9.48 Å². The molecule has 1 aliphatic heterocycles. The number of hydrogen-bond donors (Lipinski definition) is 0. The lowest BCUT2D eigenvalue weighted by molar-refractivity contribution is -0.140. The van der Waals surface area contributed by atoms with Gasteiger partial charge in [0.05, 0.1) is 25.5 Å². The maximum absolute atomic E-state index is 12.7. The molecule has 0 N–H and O–H groups in total. The first kappa shape index (κ1) is 17.5. The van der Waals surface area contributed by atoms with Crippen molar-refractivity contribution in [2.45, 2.75) is 65.5 Å². The average Bonchev–Trinajstić information content (AvgIpc) is 2.91. The van der Waals surface area contributed by atoms with E-state index in [0.717, 1.165) is 12.1 Å². The fraction of sp³-hybridized carbons (Fsp3) is 0.789. The highest BCUT2D eigenvalue weighted by molar-refractivity contribution is 5.76. The normalized spacial score (nSPS) is 27.2. The Morgan fingerprint density at radius 3 is 3.00 bits per heavy atom. The smallest absolute Gasteiger partial charge is 0.223 e. The predicted octanol–water partition coefficient (Wildman–Crippen LogP) is 3.03. The van der Waals surface area contributed by atoms with E-state index >= 15 is 0 Å². The lowest BCUT2D eigenvalue weighted by Gasteiger charge is -2.37. The molecule has 24 heavy (non-hydrogen) atoms. The van der Waals surface area contributed by atoms with Gasteiger partial charge in [-0.05, 0) is 43.1 Å². The third kappa shape index (κ3) is 4.59. The van der Waals surface area contributed by atoms with E-state index in [1.165, 1.54) is 25.7 Å². The van der Waals surface area contributed by atoms with E-state index in [1.54, 1.807) is 0 Å². The van der Waals surface area contributed by atoms with E-state index < -0.39 is 0 Å². The second-order valence-corrected chi connectivity index (χ2v) is 8.40. The van der Waals surface area contributed by atoms with E-state index in [9.17, 15) is 4.79 Å². The lowest BCUT2D eigenvalue weighted by Crippen LogP contribution is -2.47. The number of amides is 1. The van der Waals surface area contributed by atoms with Gasteiger partial charge in [0.1, 0.15) is 0 Å².